The van der Waals surface area contributed by atoms with Gasteiger partial charge in [-0.2, -0.15) is 0 Å². The number of nitrogens with one attached hydrogen (secondary N) is 1. The summed E-state index contributed by atoms with van der Waals surface area (Å²) in [6.45, 7) is 5.58. The number of hydrogen-bond acceptors (Lipinski definition) is 4. The number of rotatable bonds is 3. The molecule has 0 aromatic carbocycles. The maximum atomic E-state index is 9.96. The molecule has 0 aliphatic carbocycles. The summed E-state index contributed by atoms with van der Waals surface area (Å²) in [5.74, 6) is 0. The molecule has 0 bridgehead atoms. The van der Waals surface area contributed by atoms with Gasteiger partial charge < -0.3 is 19.9 Å². The lowest BCUT2D eigenvalue weighted by Gasteiger charge is -2.27. The van der Waals surface area contributed by atoms with Crippen LogP contribution in [-0.4, -0.2) is 42.3 Å². The summed E-state index contributed by atoms with van der Waals surface area (Å²) >= 11 is 0. The van der Waals surface area contributed by atoms with Crippen molar-refractivity contribution in [2.24, 2.45) is 0 Å². The van der Waals surface area contributed by atoms with Crippen LogP contribution in [0.2, 0.25) is 0 Å². The molecule has 0 aromatic rings. The molecule has 2 aliphatic heterocycles. The minimum Gasteiger partial charge on any atom is -0.374 e. The second kappa shape index (κ2) is 5.65. The minimum atomic E-state index is -0.721. The van der Waals surface area contributed by atoms with Crippen LogP contribution >= 0.6 is 0 Å². The normalized spacial score (nSPS) is 36.4. The SMILES string of the molecule is CC(C)OC(O)[C@@H]1CC2(CCCCCO2)CN1. The Bertz CT molecular complexity index is 237. The maximum Gasteiger partial charge on any atom is 0.170 e. The van der Waals surface area contributed by atoms with E-state index in [-0.39, 0.29) is 17.7 Å². The van der Waals surface area contributed by atoms with Crippen molar-refractivity contribution in [2.45, 2.75) is 70.0 Å². The Kier molecular flexibility index (Phi) is 4.42. The van der Waals surface area contributed by atoms with Gasteiger partial charge in [0, 0.05) is 13.2 Å². The van der Waals surface area contributed by atoms with Gasteiger partial charge in [0.05, 0.1) is 17.7 Å². The predicted molar refractivity (Wildman–Crippen MR) is 65.8 cm³/mol. The van der Waals surface area contributed by atoms with E-state index in [1.54, 1.807) is 0 Å². The zero-order chi connectivity index (χ0) is 12.3. The average Bonchev–Trinajstić information content (AvgIpc) is 2.52. The van der Waals surface area contributed by atoms with Crippen LogP contribution in [0.3, 0.4) is 0 Å². The maximum absolute atomic E-state index is 9.96. The average molecular weight is 243 g/mol. The topological polar surface area (TPSA) is 50.7 Å². The smallest absolute Gasteiger partial charge is 0.170 e. The van der Waals surface area contributed by atoms with Crippen molar-refractivity contribution in [2.75, 3.05) is 13.2 Å². The molecule has 100 valence electrons. The number of hydrogen-bond donors (Lipinski definition) is 2. The molecule has 0 amide bonds. The van der Waals surface area contributed by atoms with Gasteiger partial charge >= 0.3 is 0 Å². The largest absolute Gasteiger partial charge is 0.374 e. The van der Waals surface area contributed by atoms with Gasteiger partial charge in [-0.15, -0.1) is 0 Å². The molecule has 2 fully saturated rings. The highest BCUT2D eigenvalue weighted by Gasteiger charge is 2.43. The summed E-state index contributed by atoms with van der Waals surface area (Å²) < 4.78 is 11.4. The first-order valence-corrected chi connectivity index (χ1v) is 6.82. The Morgan fingerprint density at radius 3 is 2.94 bits per heavy atom. The third-order valence-corrected chi connectivity index (χ3v) is 3.72. The van der Waals surface area contributed by atoms with E-state index >= 15 is 0 Å². The molecule has 0 radical (unpaired) electrons. The first kappa shape index (κ1) is 13.3. The fourth-order valence-corrected chi connectivity index (χ4v) is 2.82. The zero-order valence-electron chi connectivity index (χ0n) is 10.9. The van der Waals surface area contributed by atoms with Crippen molar-refractivity contribution < 1.29 is 14.6 Å². The standard InChI is InChI=1S/C13H25NO3/c1-10(2)17-12(15)11-8-13(9-14-11)6-4-3-5-7-16-13/h10-12,14-15H,3-9H2,1-2H3/t11-,12?,13?/m0/s1. The van der Waals surface area contributed by atoms with Gasteiger partial charge in [0.15, 0.2) is 6.29 Å². The van der Waals surface area contributed by atoms with Gasteiger partial charge in [-0.05, 0) is 33.1 Å². The monoisotopic (exact) mass is 243 g/mol. The molecule has 2 N–H and O–H groups in total. The van der Waals surface area contributed by atoms with Crippen molar-refractivity contribution in [3.63, 3.8) is 0 Å². The highest BCUT2D eigenvalue weighted by atomic mass is 16.6. The number of aliphatic hydroxyl groups is 1. The van der Waals surface area contributed by atoms with Gasteiger partial charge in [0.1, 0.15) is 0 Å². The van der Waals surface area contributed by atoms with Crippen LogP contribution in [0.25, 0.3) is 0 Å². The molecule has 1 spiro atoms. The van der Waals surface area contributed by atoms with Crippen molar-refractivity contribution in [1.82, 2.24) is 5.32 Å². The number of ether oxygens (including phenoxy) is 2. The Labute approximate surface area is 104 Å². The van der Waals surface area contributed by atoms with Crippen LogP contribution < -0.4 is 5.32 Å². The molecule has 17 heavy (non-hydrogen) atoms. The molecule has 4 nitrogen and oxygen atoms in total. The number of aliphatic hydroxyl groups excluding tert-OH is 1. The highest BCUT2D eigenvalue weighted by Crippen LogP contribution is 2.33. The quantitative estimate of drug-likeness (QED) is 0.736. The van der Waals surface area contributed by atoms with Crippen LogP contribution in [-0.2, 0) is 9.47 Å². The fourth-order valence-electron chi connectivity index (χ4n) is 2.82. The molecule has 2 saturated heterocycles. The Hall–Kier alpha value is -0.160. The van der Waals surface area contributed by atoms with Crippen LogP contribution in [0.5, 0.6) is 0 Å². The summed E-state index contributed by atoms with van der Waals surface area (Å²) in [4.78, 5) is 0. The van der Waals surface area contributed by atoms with E-state index in [0.29, 0.717) is 0 Å². The molecular weight excluding hydrogens is 218 g/mol. The summed E-state index contributed by atoms with van der Waals surface area (Å²) in [7, 11) is 0. The van der Waals surface area contributed by atoms with E-state index in [4.69, 9.17) is 9.47 Å². The van der Waals surface area contributed by atoms with Crippen LogP contribution in [0.4, 0.5) is 0 Å². The lowest BCUT2D eigenvalue weighted by atomic mass is 9.94. The van der Waals surface area contributed by atoms with Crippen molar-refractivity contribution in [1.29, 1.82) is 0 Å². The van der Waals surface area contributed by atoms with Gasteiger partial charge in [0.2, 0.25) is 0 Å². The van der Waals surface area contributed by atoms with Crippen LogP contribution in [0.15, 0.2) is 0 Å². The first-order valence-electron chi connectivity index (χ1n) is 6.82. The zero-order valence-corrected chi connectivity index (χ0v) is 10.9. The molecule has 0 saturated carbocycles. The van der Waals surface area contributed by atoms with Crippen molar-refractivity contribution in [3.8, 4) is 0 Å². The summed E-state index contributed by atoms with van der Waals surface area (Å²) in [6.07, 6.45) is 4.95. The van der Waals surface area contributed by atoms with Crippen LogP contribution in [0.1, 0.15) is 46.0 Å². The molecule has 0 aromatic heterocycles. The second-order valence-electron chi connectivity index (χ2n) is 5.61. The minimum absolute atomic E-state index is 0.00972. The Morgan fingerprint density at radius 2 is 2.18 bits per heavy atom. The van der Waals surface area contributed by atoms with E-state index in [9.17, 15) is 5.11 Å². The van der Waals surface area contributed by atoms with Gasteiger partial charge in [-0.1, -0.05) is 12.8 Å². The highest BCUT2D eigenvalue weighted by molar-refractivity contribution is 4.97. The lowest BCUT2D eigenvalue weighted by molar-refractivity contribution is -0.144. The predicted octanol–water partition coefficient (Wildman–Crippen LogP) is 1.42. The lowest BCUT2D eigenvalue weighted by Crippen LogP contribution is -2.38. The molecule has 2 heterocycles. The molecule has 3 atom stereocenters. The third kappa shape index (κ3) is 3.41. The molecule has 4 heteroatoms. The van der Waals surface area contributed by atoms with Crippen LogP contribution in [0, 0.1) is 0 Å². The van der Waals surface area contributed by atoms with E-state index in [1.807, 2.05) is 13.8 Å². The van der Waals surface area contributed by atoms with E-state index < -0.39 is 6.29 Å². The van der Waals surface area contributed by atoms with Gasteiger partial charge in [0.25, 0.3) is 0 Å². The Balaban J connectivity index is 1.89. The summed E-state index contributed by atoms with van der Waals surface area (Å²) in [6, 6.07) is 0.00972. The second-order valence-corrected chi connectivity index (χ2v) is 5.61. The molecule has 2 aliphatic rings. The van der Waals surface area contributed by atoms with Gasteiger partial charge in [-0.3, -0.25) is 0 Å². The summed E-state index contributed by atoms with van der Waals surface area (Å²) in [5.41, 5.74) is -0.0531. The first-order chi connectivity index (χ1) is 8.11. The molecular formula is C13H25NO3. The fraction of sp³-hybridized carbons (Fsp3) is 1.00. The van der Waals surface area contributed by atoms with Crippen molar-refractivity contribution >= 4 is 0 Å². The summed E-state index contributed by atoms with van der Waals surface area (Å²) in [5, 5.41) is 13.3. The Morgan fingerprint density at radius 1 is 1.35 bits per heavy atom. The van der Waals surface area contributed by atoms with Crippen molar-refractivity contribution in [3.05, 3.63) is 0 Å². The van der Waals surface area contributed by atoms with Gasteiger partial charge in [-0.25, -0.2) is 0 Å². The van der Waals surface area contributed by atoms with E-state index in [2.05, 4.69) is 5.32 Å². The van der Waals surface area contributed by atoms with E-state index in [1.165, 1.54) is 12.8 Å². The van der Waals surface area contributed by atoms with E-state index in [0.717, 1.165) is 32.4 Å². The molecule has 2 unspecified atom stereocenters. The molecule has 2 rings (SSSR count). The third-order valence-electron chi connectivity index (χ3n) is 3.72.